The minimum Gasteiger partial charge on any atom is -0.493 e. The first kappa shape index (κ1) is 21.5. The molecule has 0 aliphatic heterocycles. The van der Waals surface area contributed by atoms with Gasteiger partial charge in [-0.1, -0.05) is 6.42 Å². The standard InChI is InChI=1S/C23H26N6O3/c1-15-27-28-23-22(25-10-6-4-5-7-19(30)16-8-11-24-12-9-16)26-17-13-20(31-2)21(32-3)14-18(17)29(15)23/h8-9,11-14H,4-7,10H2,1-3H3,(H,25,26). The average Bonchev–Trinajstić information content (AvgIpc) is 3.22. The largest absolute Gasteiger partial charge is 0.493 e. The lowest BCUT2D eigenvalue weighted by atomic mass is 10.1. The first-order valence-electron chi connectivity index (χ1n) is 10.6. The van der Waals surface area contributed by atoms with Crippen LogP contribution in [-0.4, -0.2) is 51.1 Å². The van der Waals surface area contributed by atoms with Crippen molar-refractivity contribution in [3.05, 3.63) is 48.0 Å². The van der Waals surface area contributed by atoms with Gasteiger partial charge in [-0.05, 0) is 31.9 Å². The first-order valence-corrected chi connectivity index (χ1v) is 10.6. The van der Waals surface area contributed by atoms with Crippen molar-refractivity contribution in [1.82, 2.24) is 24.6 Å². The maximum absolute atomic E-state index is 12.2. The van der Waals surface area contributed by atoms with Crippen LogP contribution in [0, 0.1) is 6.92 Å². The second kappa shape index (κ2) is 9.59. The molecule has 1 N–H and O–H groups in total. The molecule has 0 saturated heterocycles. The summed E-state index contributed by atoms with van der Waals surface area (Å²) >= 11 is 0. The normalized spacial score (nSPS) is 11.1. The van der Waals surface area contributed by atoms with E-state index >= 15 is 0 Å². The molecule has 1 aromatic carbocycles. The van der Waals surface area contributed by atoms with E-state index < -0.39 is 0 Å². The Bertz CT molecular complexity index is 1240. The van der Waals surface area contributed by atoms with Crippen LogP contribution in [0.5, 0.6) is 11.5 Å². The molecule has 32 heavy (non-hydrogen) atoms. The number of rotatable bonds is 10. The Balaban J connectivity index is 1.43. The number of carbonyl (C=O) groups is 1. The number of nitrogens with zero attached hydrogens (tertiary/aromatic N) is 5. The fourth-order valence-corrected chi connectivity index (χ4v) is 3.70. The summed E-state index contributed by atoms with van der Waals surface area (Å²) in [5.41, 5.74) is 2.98. The van der Waals surface area contributed by atoms with Crippen molar-refractivity contribution in [3.63, 3.8) is 0 Å². The van der Waals surface area contributed by atoms with Gasteiger partial charge in [0.25, 0.3) is 0 Å². The number of ketones is 1. The van der Waals surface area contributed by atoms with E-state index in [1.807, 2.05) is 23.5 Å². The van der Waals surface area contributed by atoms with Gasteiger partial charge in [-0.25, -0.2) is 4.98 Å². The topological polar surface area (TPSA) is 104 Å². The number of nitrogens with one attached hydrogen (secondary N) is 1. The molecule has 3 aromatic heterocycles. The number of methoxy groups -OCH3 is 2. The maximum atomic E-state index is 12.2. The number of hydrogen-bond acceptors (Lipinski definition) is 8. The third-order valence-corrected chi connectivity index (χ3v) is 5.37. The Morgan fingerprint density at radius 2 is 1.78 bits per heavy atom. The van der Waals surface area contributed by atoms with E-state index in [9.17, 15) is 4.79 Å². The van der Waals surface area contributed by atoms with Gasteiger partial charge in [-0.15, -0.1) is 10.2 Å². The summed E-state index contributed by atoms with van der Waals surface area (Å²) < 4.78 is 12.8. The summed E-state index contributed by atoms with van der Waals surface area (Å²) in [5.74, 6) is 2.82. The monoisotopic (exact) mass is 434 g/mol. The molecule has 0 saturated carbocycles. The highest BCUT2D eigenvalue weighted by Gasteiger charge is 2.16. The number of hydrogen-bond donors (Lipinski definition) is 1. The number of fused-ring (bicyclic) bond motifs is 3. The molecule has 0 unspecified atom stereocenters. The van der Waals surface area contributed by atoms with Gasteiger partial charge in [0.1, 0.15) is 5.82 Å². The van der Waals surface area contributed by atoms with Crippen molar-refractivity contribution >= 4 is 28.3 Å². The molecule has 0 radical (unpaired) electrons. The predicted molar refractivity (Wildman–Crippen MR) is 122 cm³/mol. The van der Waals surface area contributed by atoms with Crippen LogP contribution in [0.1, 0.15) is 41.9 Å². The lowest BCUT2D eigenvalue weighted by molar-refractivity contribution is 0.0979. The molecule has 166 valence electrons. The van der Waals surface area contributed by atoms with Crippen molar-refractivity contribution in [3.8, 4) is 11.5 Å². The molecular weight excluding hydrogens is 408 g/mol. The van der Waals surface area contributed by atoms with Crippen LogP contribution in [0.2, 0.25) is 0 Å². The van der Waals surface area contributed by atoms with Crippen LogP contribution in [-0.2, 0) is 0 Å². The Morgan fingerprint density at radius 3 is 2.53 bits per heavy atom. The second-order valence-corrected chi connectivity index (χ2v) is 7.46. The number of benzene rings is 1. The molecule has 0 aliphatic rings. The summed E-state index contributed by atoms with van der Waals surface area (Å²) in [7, 11) is 3.21. The highest BCUT2D eigenvalue weighted by molar-refractivity contribution is 5.95. The smallest absolute Gasteiger partial charge is 0.204 e. The van der Waals surface area contributed by atoms with Crippen LogP contribution in [0.4, 0.5) is 5.82 Å². The number of Topliss-reactive ketones (excluding diaryl/α,β-unsaturated/α-hetero) is 1. The molecule has 9 nitrogen and oxygen atoms in total. The number of carbonyl (C=O) groups excluding carboxylic acids is 1. The van der Waals surface area contributed by atoms with Crippen LogP contribution < -0.4 is 14.8 Å². The zero-order chi connectivity index (χ0) is 22.5. The van der Waals surface area contributed by atoms with Gasteiger partial charge in [0, 0.05) is 43.1 Å². The van der Waals surface area contributed by atoms with Crippen LogP contribution >= 0.6 is 0 Å². The van der Waals surface area contributed by atoms with Gasteiger partial charge in [-0.3, -0.25) is 14.2 Å². The van der Waals surface area contributed by atoms with Crippen molar-refractivity contribution in [1.29, 1.82) is 0 Å². The highest BCUT2D eigenvalue weighted by atomic mass is 16.5. The number of aromatic nitrogens is 5. The van der Waals surface area contributed by atoms with E-state index in [1.165, 1.54) is 0 Å². The molecule has 0 bridgehead atoms. The lowest BCUT2D eigenvalue weighted by Crippen LogP contribution is -2.07. The molecule has 4 rings (SSSR count). The Morgan fingerprint density at radius 1 is 1.03 bits per heavy atom. The minimum atomic E-state index is 0.154. The zero-order valence-corrected chi connectivity index (χ0v) is 18.5. The van der Waals surface area contributed by atoms with Gasteiger partial charge in [0.2, 0.25) is 5.65 Å². The first-order chi connectivity index (χ1) is 15.6. The highest BCUT2D eigenvalue weighted by Crippen LogP contribution is 2.33. The van der Waals surface area contributed by atoms with Gasteiger partial charge < -0.3 is 14.8 Å². The Labute approximate surface area is 185 Å². The number of unbranched alkanes of at least 4 members (excludes halogenated alkanes) is 2. The lowest BCUT2D eigenvalue weighted by Gasteiger charge is -2.13. The number of anilines is 1. The van der Waals surface area contributed by atoms with E-state index in [4.69, 9.17) is 14.5 Å². The fraction of sp³-hybridized carbons (Fsp3) is 0.348. The predicted octanol–water partition coefficient (Wildman–Crippen LogP) is 3.85. The molecular formula is C23H26N6O3. The molecule has 9 heteroatoms. The maximum Gasteiger partial charge on any atom is 0.204 e. The molecule has 0 aliphatic carbocycles. The minimum absolute atomic E-state index is 0.154. The summed E-state index contributed by atoms with van der Waals surface area (Å²) in [6.07, 6.45) is 6.51. The number of ether oxygens (including phenoxy) is 2. The fourth-order valence-electron chi connectivity index (χ4n) is 3.70. The molecule has 4 aromatic rings. The van der Waals surface area contributed by atoms with Crippen molar-refractivity contribution in [2.24, 2.45) is 0 Å². The SMILES string of the molecule is COc1cc2nc(NCCCCCC(=O)c3ccncc3)c3nnc(C)n3c2cc1OC. The number of pyridine rings is 1. The van der Waals surface area contributed by atoms with Crippen LogP contribution in [0.15, 0.2) is 36.7 Å². The van der Waals surface area contributed by atoms with Crippen molar-refractivity contribution in [2.45, 2.75) is 32.6 Å². The Hall–Kier alpha value is -3.75. The Kier molecular flexibility index (Phi) is 6.44. The number of aryl methyl sites for hydroxylation is 1. The van der Waals surface area contributed by atoms with Gasteiger partial charge in [0.15, 0.2) is 23.1 Å². The van der Waals surface area contributed by atoms with E-state index in [1.54, 1.807) is 38.7 Å². The van der Waals surface area contributed by atoms with Crippen molar-refractivity contribution < 1.29 is 14.3 Å². The molecule has 0 spiro atoms. The van der Waals surface area contributed by atoms with Gasteiger partial charge in [0.05, 0.1) is 25.3 Å². The quantitative estimate of drug-likeness (QED) is 0.296. The van der Waals surface area contributed by atoms with Crippen LogP contribution in [0.3, 0.4) is 0 Å². The molecule has 0 fully saturated rings. The second-order valence-electron chi connectivity index (χ2n) is 7.46. The summed E-state index contributed by atoms with van der Waals surface area (Å²) in [4.78, 5) is 20.9. The van der Waals surface area contributed by atoms with E-state index in [0.717, 1.165) is 48.2 Å². The van der Waals surface area contributed by atoms with E-state index in [2.05, 4.69) is 20.5 Å². The van der Waals surface area contributed by atoms with E-state index in [-0.39, 0.29) is 5.78 Å². The van der Waals surface area contributed by atoms with E-state index in [0.29, 0.717) is 29.4 Å². The third kappa shape index (κ3) is 4.32. The van der Waals surface area contributed by atoms with Crippen molar-refractivity contribution in [2.75, 3.05) is 26.1 Å². The third-order valence-electron chi connectivity index (χ3n) is 5.37. The van der Waals surface area contributed by atoms with Crippen LogP contribution in [0.25, 0.3) is 16.7 Å². The average molecular weight is 435 g/mol. The molecule has 0 amide bonds. The summed E-state index contributed by atoms with van der Waals surface area (Å²) in [6, 6.07) is 7.24. The van der Waals surface area contributed by atoms with Gasteiger partial charge in [-0.2, -0.15) is 0 Å². The summed E-state index contributed by atoms with van der Waals surface area (Å²) in [5, 5.41) is 11.9. The molecule has 3 heterocycles. The summed E-state index contributed by atoms with van der Waals surface area (Å²) in [6.45, 7) is 2.62. The molecule has 0 atom stereocenters. The zero-order valence-electron chi connectivity index (χ0n) is 18.5. The van der Waals surface area contributed by atoms with Gasteiger partial charge >= 0.3 is 0 Å².